The molecule has 0 bridgehead atoms. The van der Waals surface area contributed by atoms with Gasteiger partial charge in [-0.25, -0.2) is 4.99 Å². The molecule has 0 saturated heterocycles. The standard InChI is InChI=1S/C47H34N4/c48-31-32-24-26-40-41-27-25-36(30-43(41)47(42(40)28-32,38-20-9-3-10-21-38)39-22-11-4-12-23-39)35-18-13-19-37(29-35)46-50-44(33-14-5-1-6-15-33)49-45(51-46)34-16-7-2-8-17-34/h1-30,44-45,49H,(H,50,51). The molecule has 2 aliphatic rings. The minimum atomic E-state index is -0.597. The molecule has 1 aliphatic heterocycles. The molecule has 2 atom stereocenters. The van der Waals surface area contributed by atoms with Crippen LogP contribution in [0, 0.1) is 11.3 Å². The summed E-state index contributed by atoms with van der Waals surface area (Å²) in [5, 5.41) is 17.4. The molecule has 7 aromatic carbocycles. The number of nitrogens with zero attached hydrogens (tertiary/aromatic N) is 2. The lowest BCUT2D eigenvalue weighted by atomic mass is 9.67. The van der Waals surface area contributed by atoms with Gasteiger partial charge in [-0.2, -0.15) is 5.26 Å². The Morgan fingerprint density at radius 1 is 0.510 bits per heavy atom. The molecular weight excluding hydrogens is 621 g/mol. The molecule has 4 heteroatoms. The van der Waals surface area contributed by atoms with Crippen LogP contribution in [0.5, 0.6) is 0 Å². The van der Waals surface area contributed by atoms with Gasteiger partial charge in [0, 0.05) is 5.56 Å². The van der Waals surface area contributed by atoms with Gasteiger partial charge in [0.2, 0.25) is 0 Å². The van der Waals surface area contributed by atoms with Crippen molar-refractivity contribution in [1.29, 1.82) is 5.26 Å². The largest absolute Gasteiger partial charge is 0.350 e. The first kappa shape index (κ1) is 30.5. The van der Waals surface area contributed by atoms with Gasteiger partial charge in [0.25, 0.3) is 0 Å². The zero-order valence-corrected chi connectivity index (χ0v) is 27.9. The van der Waals surface area contributed by atoms with Crippen LogP contribution in [0.3, 0.4) is 0 Å². The Balaban J connectivity index is 1.19. The van der Waals surface area contributed by atoms with Crippen molar-refractivity contribution < 1.29 is 0 Å². The molecule has 7 aromatic rings. The van der Waals surface area contributed by atoms with Crippen LogP contribution in [0.4, 0.5) is 0 Å². The molecule has 0 fully saturated rings. The lowest BCUT2D eigenvalue weighted by molar-refractivity contribution is 0.409. The normalized spacial score (nSPS) is 17.0. The van der Waals surface area contributed by atoms with Gasteiger partial charge in [-0.3, -0.25) is 5.32 Å². The highest BCUT2D eigenvalue weighted by Crippen LogP contribution is 2.57. The second-order valence-corrected chi connectivity index (χ2v) is 13.1. The highest BCUT2D eigenvalue weighted by molar-refractivity contribution is 6.00. The zero-order valence-electron chi connectivity index (χ0n) is 27.9. The lowest BCUT2D eigenvalue weighted by Gasteiger charge is -2.34. The van der Waals surface area contributed by atoms with Crippen molar-refractivity contribution >= 4 is 5.84 Å². The molecule has 51 heavy (non-hydrogen) atoms. The third-order valence-electron chi connectivity index (χ3n) is 10.3. The van der Waals surface area contributed by atoms with Gasteiger partial charge in [0.15, 0.2) is 0 Å². The van der Waals surface area contributed by atoms with Crippen LogP contribution in [0.1, 0.15) is 56.8 Å². The Morgan fingerprint density at radius 3 is 1.71 bits per heavy atom. The van der Waals surface area contributed by atoms with Crippen molar-refractivity contribution in [2.75, 3.05) is 0 Å². The van der Waals surface area contributed by atoms with Crippen molar-refractivity contribution in [2.24, 2.45) is 4.99 Å². The molecule has 0 amide bonds. The van der Waals surface area contributed by atoms with Gasteiger partial charge in [0.05, 0.1) is 17.0 Å². The maximum Gasteiger partial charge on any atom is 0.131 e. The lowest BCUT2D eigenvalue weighted by Crippen LogP contribution is -2.44. The van der Waals surface area contributed by atoms with Gasteiger partial charge in [0.1, 0.15) is 18.2 Å². The average Bonchev–Trinajstić information content (AvgIpc) is 3.51. The predicted molar refractivity (Wildman–Crippen MR) is 205 cm³/mol. The Bertz CT molecular complexity index is 2390. The maximum atomic E-state index is 10.0. The molecule has 1 aliphatic carbocycles. The number of hydrogen-bond acceptors (Lipinski definition) is 4. The quantitative estimate of drug-likeness (QED) is 0.188. The molecule has 242 valence electrons. The molecule has 9 rings (SSSR count). The average molecular weight is 655 g/mol. The van der Waals surface area contributed by atoms with Crippen molar-refractivity contribution in [3.05, 3.63) is 226 Å². The second-order valence-electron chi connectivity index (χ2n) is 13.1. The number of fused-ring (bicyclic) bond motifs is 3. The number of nitriles is 1. The van der Waals surface area contributed by atoms with E-state index in [-0.39, 0.29) is 12.3 Å². The van der Waals surface area contributed by atoms with E-state index in [1.807, 2.05) is 18.2 Å². The van der Waals surface area contributed by atoms with Gasteiger partial charge >= 0.3 is 0 Å². The van der Waals surface area contributed by atoms with E-state index in [9.17, 15) is 5.26 Å². The van der Waals surface area contributed by atoms with Crippen LogP contribution in [0.25, 0.3) is 22.3 Å². The van der Waals surface area contributed by atoms with E-state index in [2.05, 4.69) is 180 Å². The first-order valence-corrected chi connectivity index (χ1v) is 17.3. The fourth-order valence-electron chi connectivity index (χ4n) is 7.91. The summed E-state index contributed by atoms with van der Waals surface area (Å²) < 4.78 is 0. The van der Waals surface area contributed by atoms with Crippen LogP contribution < -0.4 is 10.6 Å². The van der Waals surface area contributed by atoms with E-state index in [0.29, 0.717) is 5.56 Å². The molecule has 0 saturated carbocycles. The second kappa shape index (κ2) is 12.7. The summed E-state index contributed by atoms with van der Waals surface area (Å²) in [7, 11) is 0. The molecule has 0 radical (unpaired) electrons. The molecule has 2 unspecified atom stereocenters. The molecule has 0 aromatic heterocycles. The van der Waals surface area contributed by atoms with Gasteiger partial charge in [-0.1, -0.05) is 158 Å². The van der Waals surface area contributed by atoms with Crippen LogP contribution in [-0.4, -0.2) is 5.84 Å². The zero-order chi connectivity index (χ0) is 34.2. The predicted octanol–water partition coefficient (Wildman–Crippen LogP) is 9.93. The maximum absolute atomic E-state index is 10.0. The van der Waals surface area contributed by atoms with E-state index < -0.39 is 5.41 Å². The summed E-state index contributed by atoms with van der Waals surface area (Å²) in [5.41, 5.74) is 12.6. The van der Waals surface area contributed by atoms with E-state index in [1.54, 1.807) is 0 Å². The number of amidine groups is 1. The summed E-state index contributed by atoms with van der Waals surface area (Å²) in [5.74, 6) is 0.846. The number of hydrogen-bond donors (Lipinski definition) is 2. The summed E-state index contributed by atoms with van der Waals surface area (Å²) in [6, 6.07) is 66.3. The third-order valence-corrected chi connectivity index (χ3v) is 10.3. The fourth-order valence-corrected chi connectivity index (χ4v) is 7.91. The Hall–Kier alpha value is -6.54. The van der Waals surface area contributed by atoms with E-state index in [1.165, 1.54) is 22.3 Å². The highest BCUT2D eigenvalue weighted by atomic mass is 15.3. The molecule has 4 nitrogen and oxygen atoms in total. The first-order chi connectivity index (χ1) is 25.2. The number of rotatable bonds is 6. The SMILES string of the molecule is N#Cc1ccc2c(c1)C(c1ccccc1)(c1ccccc1)c1cc(-c3cccc(C4=NC(c5ccccc5)NC(c5ccccc5)N4)c3)ccc1-2. The number of nitrogens with one attached hydrogen (secondary N) is 2. The van der Waals surface area contributed by atoms with E-state index in [4.69, 9.17) is 4.99 Å². The summed E-state index contributed by atoms with van der Waals surface area (Å²) in [4.78, 5) is 5.20. The first-order valence-electron chi connectivity index (χ1n) is 17.3. The molecule has 0 spiro atoms. The Labute approximate surface area is 298 Å². The number of aliphatic imine (C=N–C) groups is 1. The Morgan fingerprint density at radius 2 is 1.06 bits per heavy atom. The minimum Gasteiger partial charge on any atom is -0.350 e. The topological polar surface area (TPSA) is 60.2 Å². The monoisotopic (exact) mass is 654 g/mol. The minimum absolute atomic E-state index is 0.110. The van der Waals surface area contributed by atoms with Crippen LogP contribution >= 0.6 is 0 Å². The van der Waals surface area contributed by atoms with Crippen LogP contribution in [0.15, 0.2) is 187 Å². The summed E-state index contributed by atoms with van der Waals surface area (Å²) >= 11 is 0. The van der Waals surface area contributed by atoms with Crippen LogP contribution in [-0.2, 0) is 5.41 Å². The molecular formula is C47H34N4. The smallest absolute Gasteiger partial charge is 0.131 e. The van der Waals surface area contributed by atoms with Gasteiger partial charge in [-0.05, 0) is 79.9 Å². The van der Waals surface area contributed by atoms with E-state index in [0.717, 1.165) is 44.8 Å². The Kier molecular flexibility index (Phi) is 7.62. The highest BCUT2D eigenvalue weighted by Gasteiger charge is 2.46. The fraction of sp³-hybridized carbons (Fsp3) is 0.0638. The van der Waals surface area contributed by atoms with Crippen LogP contribution in [0.2, 0.25) is 0 Å². The van der Waals surface area contributed by atoms with Gasteiger partial charge in [-0.15, -0.1) is 0 Å². The summed E-state index contributed by atoms with van der Waals surface area (Å²) in [6.07, 6.45) is -0.313. The van der Waals surface area contributed by atoms with Crippen molar-refractivity contribution in [1.82, 2.24) is 10.6 Å². The van der Waals surface area contributed by atoms with Gasteiger partial charge < -0.3 is 5.32 Å². The van der Waals surface area contributed by atoms with E-state index >= 15 is 0 Å². The van der Waals surface area contributed by atoms with Crippen molar-refractivity contribution in [3.63, 3.8) is 0 Å². The molecule has 2 N–H and O–H groups in total. The molecule has 1 heterocycles. The van der Waals surface area contributed by atoms with Crippen molar-refractivity contribution in [3.8, 4) is 28.3 Å². The third kappa shape index (κ3) is 5.23. The summed E-state index contributed by atoms with van der Waals surface area (Å²) in [6.45, 7) is 0. The van der Waals surface area contributed by atoms with Crippen molar-refractivity contribution in [2.45, 2.75) is 17.7 Å². The number of benzene rings is 7.